The molecular weight excluding hydrogens is 246 g/mol. The highest BCUT2D eigenvalue weighted by Gasteiger charge is 2.20. The fourth-order valence-corrected chi connectivity index (χ4v) is 2.38. The standard InChI is InChI=1S/C12H19N5S/c1-2-5-16-6-8-17(9-7-16)12-10(11(13)18)14-3-4-15-12/h3-4H,2,5-9H2,1H3,(H2,13,18). The molecule has 18 heavy (non-hydrogen) atoms. The van der Waals surface area contributed by atoms with Crippen molar-refractivity contribution in [3.05, 3.63) is 18.1 Å². The van der Waals surface area contributed by atoms with Gasteiger partial charge in [0.1, 0.15) is 10.7 Å². The van der Waals surface area contributed by atoms with E-state index in [-0.39, 0.29) is 0 Å². The molecular formula is C12H19N5S. The van der Waals surface area contributed by atoms with Crippen molar-refractivity contribution in [1.29, 1.82) is 0 Å². The number of hydrogen-bond acceptors (Lipinski definition) is 5. The van der Waals surface area contributed by atoms with Crippen LogP contribution in [0.25, 0.3) is 0 Å². The Morgan fingerprint density at radius 2 is 1.94 bits per heavy atom. The molecule has 1 aliphatic heterocycles. The van der Waals surface area contributed by atoms with Gasteiger partial charge in [-0.15, -0.1) is 0 Å². The first-order chi connectivity index (χ1) is 8.72. The molecule has 2 heterocycles. The van der Waals surface area contributed by atoms with Crippen LogP contribution in [0.3, 0.4) is 0 Å². The van der Waals surface area contributed by atoms with Gasteiger partial charge in [-0.2, -0.15) is 0 Å². The van der Waals surface area contributed by atoms with Gasteiger partial charge in [-0.3, -0.25) is 4.90 Å². The second kappa shape index (κ2) is 6.06. The summed E-state index contributed by atoms with van der Waals surface area (Å²) in [5.74, 6) is 0.821. The van der Waals surface area contributed by atoms with Gasteiger partial charge in [0.05, 0.1) is 0 Å². The first-order valence-corrected chi connectivity index (χ1v) is 6.71. The Bertz CT molecular complexity index is 415. The second-order valence-electron chi connectivity index (χ2n) is 4.42. The van der Waals surface area contributed by atoms with E-state index in [0.29, 0.717) is 10.7 Å². The third-order valence-corrected chi connectivity index (χ3v) is 3.32. The fraction of sp³-hybridized carbons (Fsp3) is 0.583. The summed E-state index contributed by atoms with van der Waals surface area (Å²) in [6.07, 6.45) is 4.52. The molecule has 6 heteroatoms. The average molecular weight is 265 g/mol. The molecule has 0 bridgehead atoms. The predicted octanol–water partition coefficient (Wildman–Crippen LogP) is 0.643. The van der Waals surface area contributed by atoms with Crippen LogP contribution < -0.4 is 10.6 Å². The van der Waals surface area contributed by atoms with Crippen molar-refractivity contribution in [1.82, 2.24) is 14.9 Å². The molecule has 0 atom stereocenters. The van der Waals surface area contributed by atoms with Crippen LogP contribution in [0.1, 0.15) is 19.0 Å². The van der Waals surface area contributed by atoms with Gasteiger partial charge < -0.3 is 10.6 Å². The number of anilines is 1. The number of thiocarbonyl (C=S) groups is 1. The third kappa shape index (κ3) is 2.94. The topological polar surface area (TPSA) is 58.3 Å². The van der Waals surface area contributed by atoms with Gasteiger partial charge in [0.25, 0.3) is 0 Å². The lowest BCUT2D eigenvalue weighted by atomic mass is 10.2. The average Bonchev–Trinajstić information content (AvgIpc) is 2.40. The first-order valence-electron chi connectivity index (χ1n) is 6.30. The maximum atomic E-state index is 5.69. The highest BCUT2D eigenvalue weighted by atomic mass is 32.1. The summed E-state index contributed by atoms with van der Waals surface area (Å²) in [6.45, 7) is 7.39. The largest absolute Gasteiger partial charge is 0.388 e. The van der Waals surface area contributed by atoms with Gasteiger partial charge in [-0.25, -0.2) is 9.97 Å². The van der Waals surface area contributed by atoms with E-state index in [9.17, 15) is 0 Å². The predicted molar refractivity (Wildman–Crippen MR) is 76.9 cm³/mol. The van der Waals surface area contributed by atoms with E-state index in [0.717, 1.165) is 38.5 Å². The van der Waals surface area contributed by atoms with Crippen LogP contribution in [0.15, 0.2) is 12.4 Å². The molecule has 5 nitrogen and oxygen atoms in total. The minimum absolute atomic E-state index is 0.314. The molecule has 1 fully saturated rings. The van der Waals surface area contributed by atoms with Crippen molar-refractivity contribution in [3.63, 3.8) is 0 Å². The van der Waals surface area contributed by atoms with Gasteiger partial charge in [0.2, 0.25) is 0 Å². The van der Waals surface area contributed by atoms with Crippen molar-refractivity contribution in [2.24, 2.45) is 5.73 Å². The van der Waals surface area contributed by atoms with Gasteiger partial charge in [-0.05, 0) is 13.0 Å². The van der Waals surface area contributed by atoms with Crippen LogP contribution in [0.4, 0.5) is 5.82 Å². The van der Waals surface area contributed by atoms with Crippen LogP contribution in [0.5, 0.6) is 0 Å². The smallest absolute Gasteiger partial charge is 0.157 e. The SMILES string of the molecule is CCCN1CCN(c2nccnc2C(N)=S)CC1. The quantitative estimate of drug-likeness (QED) is 0.806. The Morgan fingerprint density at radius 1 is 1.28 bits per heavy atom. The highest BCUT2D eigenvalue weighted by Crippen LogP contribution is 2.16. The number of hydrogen-bond donors (Lipinski definition) is 1. The Morgan fingerprint density at radius 3 is 2.56 bits per heavy atom. The zero-order valence-corrected chi connectivity index (χ0v) is 11.5. The van der Waals surface area contributed by atoms with Crippen LogP contribution in [-0.2, 0) is 0 Å². The lowest BCUT2D eigenvalue weighted by Crippen LogP contribution is -2.47. The summed E-state index contributed by atoms with van der Waals surface area (Å²) in [7, 11) is 0. The van der Waals surface area contributed by atoms with Crippen molar-refractivity contribution in [3.8, 4) is 0 Å². The molecule has 0 amide bonds. The maximum absolute atomic E-state index is 5.69. The second-order valence-corrected chi connectivity index (χ2v) is 4.86. The van der Waals surface area contributed by atoms with E-state index in [1.807, 2.05) is 0 Å². The first kappa shape index (κ1) is 13.2. The van der Waals surface area contributed by atoms with E-state index in [4.69, 9.17) is 18.0 Å². The minimum Gasteiger partial charge on any atom is -0.388 e. The summed E-state index contributed by atoms with van der Waals surface area (Å²) in [5, 5.41) is 0. The molecule has 1 aliphatic rings. The summed E-state index contributed by atoms with van der Waals surface area (Å²) in [6, 6.07) is 0. The maximum Gasteiger partial charge on any atom is 0.157 e. The number of rotatable bonds is 4. The van der Waals surface area contributed by atoms with Gasteiger partial charge in [0, 0.05) is 38.6 Å². The van der Waals surface area contributed by atoms with Crippen LogP contribution in [-0.4, -0.2) is 52.6 Å². The van der Waals surface area contributed by atoms with Gasteiger partial charge in [-0.1, -0.05) is 19.1 Å². The van der Waals surface area contributed by atoms with Gasteiger partial charge in [0.15, 0.2) is 5.82 Å². The molecule has 0 spiro atoms. The molecule has 2 N–H and O–H groups in total. The third-order valence-electron chi connectivity index (χ3n) is 3.12. The molecule has 1 aromatic heterocycles. The van der Waals surface area contributed by atoms with E-state index in [1.165, 1.54) is 6.42 Å². The Labute approximate surface area is 113 Å². The molecule has 1 aromatic rings. The zero-order chi connectivity index (χ0) is 13.0. The van der Waals surface area contributed by atoms with Crippen molar-refractivity contribution < 1.29 is 0 Å². The minimum atomic E-state index is 0.314. The van der Waals surface area contributed by atoms with E-state index >= 15 is 0 Å². The van der Waals surface area contributed by atoms with Crippen molar-refractivity contribution in [2.75, 3.05) is 37.6 Å². The van der Waals surface area contributed by atoms with E-state index in [2.05, 4.69) is 26.7 Å². The van der Waals surface area contributed by atoms with Crippen molar-refractivity contribution >= 4 is 23.0 Å². The lowest BCUT2D eigenvalue weighted by molar-refractivity contribution is 0.258. The Balaban J connectivity index is 2.07. The summed E-state index contributed by atoms with van der Waals surface area (Å²) in [5.41, 5.74) is 6.32. The van der Waals surface area contributed by atoms with Gasteiger partial charge >= 0.3 is 0 Å². The molecule has 0 saturated carbocycles. The fourth-order valence-electron chi connectivity index (χ4n) is 2.24. The molecule has 2 rings (SSSR count). The van der Waals surface area contributed by atoms with Crippen molar-refractivity contribution in [2.45, 2.75) is 13.3 Å². The van der Waals surface area contributed by atoms with E-state index < -0.39 is 0 Å². The monoisotopic (exact) mass is 265 g/mol. The molecule has 0 aliphatic carbocycles. The highest BCUT2D eigenvalue weighted by molar-refractivity contribution is 7.80. The lowest BCUT2D eigenvalue weighted by Gasteiger charge is -2.35. The summed E-state index contributed by atoms with van der Waals surface area (Å²) < 4.78 is 0. The Hall–Kier alpha value is -1.27. The molecule has 0 radical (unpaired) electrons. The van der Waals surface area contributed by atoms with Crippen LogP contribution in [0.2, 0.25) is 0 Å². The van der Waals surface area contributed by atoms with Crippen LogP contribution >= 0.6 is 12.2 Å². The zero-order valence-electron chi connectivity index (χ0n) is 10.7. The van der Waals surface area contributed by atoms with E-state index in [1.54, 1.807) is 12.4 Å². The number of nitrogens with two attached hydrogens (primary N) is 1. The summed E-state index contributed by atoms with van der Waals surface area (Å²) >= 11 is 5.02. The Kier molecular flexibility index (Phi) is 4.43. The molecule has 1 saturated heterocycles. The number of piperazine rings is 1. The molecule has 0 unspecified atom stereocenters. The number of nitrogens with zero attached hydrogens (tertiary/aromatic N) is 4. The molecule has 98 valence electrons. The number of aromatic nitrogens is 2. The molecule has 0 aromatic carbocycles. The normalized spacial score (nSPS) is 16.8. The van der Waals surface area contributed by atoms with Crippen LogP contribution in [0, 0.1) is 0 Å². The summed E-state index contributed by atoms with van der Waals surface area (Å²) in [4.78, 5) is 13.6.